The highest BCUT2D eigenvalue weighted by Crippen LogP contribution is 2.26. The molecule has 0 aliphatic carbocycles. The van der Waals surface area contributed by atoms with E-state index >= 15 is 0 Å². The third-order valence-corrected chi connectivity index (χ3v) is 4.86. The van der Waals surface area contributed by atoms with Crippen LogP contribution < -0.4 is 5.32 Å². The average molecular weight is 325 g/mol. The number of likely N-dealkylation sites (tertiary alicyclic amines) is 1. The second-order valence-electron chi connectivity index (χ2n) is 7.70. The van der Waals surface area contributed by atoms with Gasteiger partial charge in [-0.25, -0.2) is 0 Å². The third kappa shape index (κ3) is 3.75. The maximum Gasteiger partial charge on any atom is 0.231 e. The number of para-hydroxylation sites is 1. The number of nitrogens with zero attached hydrogens (tertiary/aromatic N) is 2. The maximum atomic E-state index is 12.9. The lowest BCUT2D eigenvalue weighted by molar-refractivity contribution is -0.125. The van der Waals surface area contributed by atoms with Crippen molar-refractivity contribution < 1.29 is 4.79 Å². The quantitative estimate of drug-likeness (QED) is 0.926. The predicted octanol–water partition coefficient (Wildman–Crippen LogP) is 3.93. The molecule has 0 bridgehead atoms. The molecule has 1 fully saturated rings. The van der Waals surface area contributed by atoms with E-state index < -0.39 is 5.41 Å². The molecule has 1 amide bonds. The molecule has 4 nitrogen and oxygen atoms in total. The summed E-state index contributed by atoms with van der Waals surface area (Å²) in [6, 6.07) is 9.82. The number of aromatic nitrogens is 1. The van der Waals surface area contributed by atoms with E-state index in [-0.39, 0.29) is 5.91 Å². The molecule has 1 N–H and O–H groups in total. The van der Waals surface area contributed by atoms with E-state index in [0.717, 1.165) is 42.1 Å². The summed E-state index contributed by atoms with van der Waals surface area (Å²) in [7, 11) is 0. The van der Waals surface area contributed by atoms with E-state index in [4.69, 9.17) is 0 Å². The molecule has 4 heteroatoms. The van der Waals surface area contributed by atoms with Crippen molar-refractivity contribution in [2.45, 2.75) is 33.6 Å². The summed E-state index contributed by atoms with van der Waals surface area (Å²) in [5.74, 6) is 0.777. The van der Waals surface area contributed by atoms with Crippen LogP contribution >= 0.6 is 0 Å². The SMILES string of the molecule is CC1CCCN(CC(C)(C)C(=O)Nc2cccc3cccnc23)C1. The second kappa shape index (κ2) is 6.89. The van der Waals surface area contributed by atoms with Crippen LogP contribution in [0.25, 0.3) is 10.9 Å². The van der Waals surface area contributed by atoms with Crippen molar-refractivity contribution in [3.05, 3.63) is 36.5 Å². The first-order valence-electron chi connectivity index (χ1n) is 8.83. The monoisotopic (exact) mass is 325 g/mol. The van der Waals surface area contributed by atoms with Gasteiger partial charge in [-0.3, -0.25) is 9.78 Å². The number of pyridine rings is 1. The molecule has 1 aromatic heterocycles. The van der Waals surface area contributed by atoms with Crippen LogP contribution in [-0.2, 0) is 4.79 Å². The van der Waals surface area contributed by atoms with Crippen LogP contribution in [0, 0.1) is 11.3 Å². The third-order valence-electron chi connectivity index (χ3n) is 4.86. The van der Waals surface area contributed by atoms with E-state index in [1.165, 1.54) is 12.8 Å². The van der Waals surface area contributed by atoms with Crippen molar-refractivity contribution in [2.75, 3.05) is 25.0 Å². The van der Waals surface area contributed by atoms with Crippen molar-refractivity contribution in [3.63, 3.8) is 0 Å². The largest absolute Gasteiger partial charge is 0.324 e. The van der Waals surface area contributed by atoms with E-state index in [2.05, 4.69) is 22.1 Å². The average Bonchev–Trinajstić information content (AvgIpc) is 2.55. The first-order valence-corrected chi connectivity index (χ1v) is 8.83. The van der Waals surface area contributed by atoms with Crippen LogP contribution in [0.5, 0.6) is 0 Å². The molecule has 1 atom stereocenters. The Morgan fingerprint density at radius 3 is 2.92 bits per heavy atom. The Morgan fingerprint density at radius 1 is 1.33 bits per heavy atom. The smallest absolute Gasteiger partial charge is 0.231 e. The first-order chi connectivity index (χ1) is 11.5. The molecule has 1 unspecified atom stereocenters. The summed E-state index contributed by atoms with van der Waals surface area (Å²) in [5.41, 5.74) is 1.20. The lowest BCUT2D eigenvalue weighted by Gasteiger charge is -2.36. The Labute approximate surface area is 144 Å². The van der Waals surface area contributed by atoms with Gasteiger partial charge in [-0.1, -0.05) is 25.1 Å². The molecular weight excluding hydrogens is 298 g/mol. The van der Waals surface area contributed by atoms with Crippen LogP contribution in [-0.4, -0.2) is 35.4 Å². The van der Waals surface area contributed by atoms with Gasteiger partial charge >= 0.3 is 0 Å². The first kappa shape index (κ1) is 16.9. The predicted molar refractivity (Wildman–Crippen MR) is 99.0 cm³/mol. The fourth-order valence-corrected chi connectivity index (χ4v) is 3.56. The van der Waals surface area contributed by atoms with Crippen LogP contribution in [0.1, 0.15) is 33.6 Å². The number of anilines is 1. The number of hydrogen-bond acceptors (Lipinski definition) is 3. The van der Waals surface area contributed by atoms with Crippen molar-refractivity contribution in [3.8, 4) is 0 Å². The summed E-state index contributed by atoms with van der Waals surface area (Å²) < 4.78 is 0. The van der Waals surface area contributed by atoms with Gasteiger partial charge in [0.1, 0.15) is 0 Å². The molecule has 1 aliphatic rings. The molecular formula is C20H27N3O. The molecule has 24 heavy (non-hydrogen) atoms. The number of fused-ring (bicyclic) bond motifs is 1. The highest BCUT2D eigenvalue weighted by Gasteiger charge is 2.31. The molecule has 2 heterocycles. The summed E-state index contributed by atoms with van der Waals surface area (Å²) in [4.78, 5) is 19.7. The topological polar surface area (TPSA) is 45.2 Å². The molecule has 0 saturated carbocycles. The van der Waals surface area contributed by atoms with Gasteiger partial charge in [-0.2, -0.15) is 0 Å². The second-order valence-corrected chi connectivity index (χ2v) is 7.70. The minimum atomic E-state index is -0.437. The zero-order chi connectivity index (χ0) is 17.2. The van der Waals surface area contributed by atoms with Crippen LogP contribution in [0.3, 0.4) is 0 Å². The number of nitrogens with one attached hydrogen (secondary N) is 1. The Balaban J connectivity index is 1.72. The Hall–Kier alpha value is -1.94. The van der Waals surface area contributed by atoms with Crippen molar-refractivity contribution in [1.29, 1.82) is 0 Å². The van der Waals surface area contributed by atoms with Gasteiger partial charge in [-0.05, 0) is 51.3 Å². The van der Waals surface area contributed by atoms with E-state index in [1.54, 1.807) is 6.20 Å². The van der Waals surface area contributed by atoms with Gasteiger partial charge < -0.3 is 10.2 Å². The number of rotatable bonds is 4. The number of hydrogen-bond donors (Lipinski definition) is 1. The van der Waals surface area contributed by atoms with Crippen molar-refractivity contribution >= 4 is 22.5 Å². The Bertz CT molecular complexity index is 720. The fourth-order valence-electron chi connectivity index (χ4n) is 3.56. The highest BCUT2D eigenvalue weighted by molar-refractivity contribution is 6.02. The number of benzene rings is 1. The molecule has 0 spiro atoms. The van der Waals surface area contributed by atoms with Gasteiger partial charge in [-0.15, -0.1) is 0 Å². The number of carbonyl (C=O) groups is 1. The van der Waals surface area contributed by atoms with Crippen LogP contribution in [0.15, 0.2) is 36.5 Å². The zero-order valence-corrected chi connectivity index (χ0v) is 14.9. The molecule has 3 rings (SSSR count). The molecule has 1 aliphatic heterocycles. The lowest BCUT2D eigenvalue weighted by Crippen LogP contribution is -2.45. The maximum absolute atomic E-state index is 12.9. The van der Waals surface area contributed by atoms with E-state index in [0.29, 0.717) is 0 Å². The number of amides is 1. The summed E-state index contributed by atoms with van der Waals surface area (Å²) >= 11 is 0. The lowest BCUT2D eigenvalue weighted by atomic mass is 9.89. The zero-order valence-electron chi connectivity index (χ0n) is 14.9. The Morgan fingerprint density at radius 2 is 2.12 bits per heavy atom. The van der Waals surface area contributed by atoms with E-state index in [1.807, 2.05) is 44.2 Å². The van der Waals surface area contributed by atoms with Gasteiger partial charge in [0.05, 0.1) is 16.6 Å². The summed E-state index contributed by atoms with van der Waals surface area (Å²) in [6.45, 7) is 9.33. The van der Waals surface area contributed by atoms with Crippen molar-refractivity contribution in [2.24, 2.45) is 11.3 Å². The van der Waals surface area contributed by atoms with Crippen LogP contribution in [0.2, 0.25) is 0 Å². The molecule has 1 saturated heterocycles. The minimum Gasteiger partial charge on any atom is -0.324 e. The van der Waals surface area contributed by atoms with Gasteiger partial charge in [0.15, 0.2) is 0 Å². The van der Waals surface area contributed by atoms with Crippen LogP contribution in [0.4, 0.5) is 5.69 Å². The number of carbonyl (C=O) groups excluding carboxylic acids is 1. The minimum absolute atomic E-state index is 0.0545. The van der Waals surface area contributed by atoms with E-state index in [9.17, 15) is 4.79 Å². The normalized spacial score (nSPS) is 19.4. The summed E-state index contributed by atoms with van der Waals surface area (Å²) in [5, 5.41) is 4.14. The highest BCUT2D eigenvalue weighted by atomic mass is 16.2. The fraction of sp³-hybridized carbons (Fsp3) is 0.500. The van der Waals surface area contributed by atoms with Gasteiger partial charge in [0.2, 0.25) is 5.91 Å². The molecule has 128 valence electrons. The molecule has 1 aromatic carbocycles. The Kier molecular flexibility index (Phi) is 4.86. The van der Waals surface area contributed by atoms with Gasteiger partial charge in [0.25, 0.3) is 0 Å². The number of piperidine rings is 1. The summed E-state index contributed by atoms with van der Waals surface area (Å²) in [6.07, 6.45) is 4.29. The van der Waals surface area contributed by atoms with Gasteiger partial charge in [0, 0.05) is 24.7 Å². The molecule has 0 radical (unpaired) electrons. The standard InChI is InChI=1S/C20H27N3O/c1-15-7-6-12-23(13-15)14-20(2,3)19(24)22-17-10-4-8-16-9-5-11-21-18(16)17/h4-5,8-11,15H,6-7,12-14H2,1-3H3,(H,22,24). The molecule has 2 aromatic rings. The van der Waals surface area contributed by atoms with Crippen molar-refractivity contribution in [1.82, 2.24) is 9.88 Å².